The SMILES string of the molecule is CC[C@H](N)c1cccc(C(=O)c2cccc(C(F)(F)F)c2)c1.Cl. The van der Waals surface area contributed by atoms with Crippen molar-refractivity contribution in [1.82, 2.24) is 0 Å². The average Bonchev–Trinajstić information content (AvgIpc) is 2.53. The quantitative estimate of drug-likeness (QED) is 0.813. The summed E-state index contributed by atoms with van der Waals surface area (Å²) in [5.74, 6) is -0.448. The van der Waals surface area contributed by atoms with Crippen molar-refractivity contribution in [2.24, 2.45) is 5.73 Å². The molecule has 0 aliphatic carbocycles. The van der Waals surface area contributed by atoms with Gasteiger partial charge < -0.3 is 5.73 Å². The Morgan fingerprint density at radius 3 is 2.22 bits per heavy atom. The molecule has 0 saturated heterocycles. The highest BCUT2D eigenvalue weighted by molar-refractivity contribution is 6.09. The van der Waals surface area contributed by atoms with Crippen LogP contribution in [-0.2, 0) is 6.18 Å². The van der Waals surface area contributed by atoms with Crippen molar-refractivity contribution in [1.29, 1.82) is 0 Å². The number of hydrogen-bond donors (Lipinski definition) is 1. The van der Waals surface area contributed by atoms with Gasteiger partial charge in [0.2, 0.25) is 0 Å². The van der Waals surface area contributed by atoms with Gasteiger partial charge in [-0.3, -0.25) is 4.79 Å². The second-order valence-corrected chi connectivity index (χ2v) is 5.05. The van der Waals surface area contributed by atoms with Crippen molar-refractivity contribution in [3.8, 4) is 0 Å². The zero-order chi connectivity index (χ0) is 16.3. The largest absolute Gasteiger partial charge is 0.416 e. The molecular formula is C17H17ClF3NO. The number of rotatable bonds is 4. The van der Waals surface area contributed by atoms with Crippen molar-refractivity contribution >= 4 is 18.2 Å². The molecular weight excluding hydrogens is 327 g/mol. The van der Waals surface area contributed by atoms with Gasteiger partial charge >= 0.3 is 6.18 Å². The molecule has 0 spiro atoms. The van der Waals surface area contributed by atoms with Gasteiger partial charge in [0.1, 0.15) is 0 Å². The van der Waals surface area contributed by atoms with E-state index in [1.54, 1.807) is 24.3 Å². The first-order valence-electron chi connectivity index (χ1n) is 6.90. The molecule has 0 amide bonds. The van der Waals surface area contributed by atoms with Crippen LogP contribution in [0.25, 0.3) is 0 Å². The van der Waals surface area contributed by atoms with Gasteiger partial charge in [-0.15, -0.1) is 12.4 Å². The summed E-state index contributed by atoms with van der Waals surface area (Å²) in [7, 11) is 0. The van der Waals surface area contributed by atoms with E-state index in [2.05, 4.69) is 0 Å². The fraction of sp³-hybridized carbons (Fsp3) is 0.235. The van der Waals surface area contributed by atoms with Gasteiger partial charge in [-0.1, -0.05) is 37.3 Å². The maximum absolute atomic E-state index is 12.7. The van der Waals surface area contributed by atoms with Gasteiger partial charge in [0.15, 0.2) is 5.78 Å². The molecule has 0 saturated carbocycles. The van der Waals surface area contributed by atoms with E-state index in [4.69, 9.17) is 5.73 Å². The summed E-state index contributed by atoms with van der Waals surface area (Å²) < 4.78 is 38.2. The first kappa shape index (κ1) is 19.2. The summed E-state index contributed by atoms with van der Waals surface area (Å²) in [5, 5.41) is 0. The third-order valence-electron chi connectivity index (χ3n) is 3.47. The van der Waals surface area contributed by atoms with E-state index in [0.29, 0.717) is 12.0 Å². The number of halogens is 4. The molecule has 0 aromatic heterocycles. The van der Waals surface area contributed by atoms with Gasteiger partial charge in [0, 0.05) is 17.2 Å². The van der Waals surface area contributed by atoms with E-state index in [0.717, 1.165) is 17.7 Å². The smallest absolute Gasteiger partial charge is 0.324 e. The highest BCUT2D eigenvalue weighted by Gasteiger charge is 2.31. The highest BCUT2D eigenvalue weighted by atomic mass is 35.5. The number of carbonyl (C=O) groups excluding carboxylic acids is 1. The van der Waals surface area contributed by atoms with Crippen LogP contribution >= 0.6 is 12.4 Å². The molecule has 0 fully saturated rings. The standard InChI is InChI=1S/C17H16F3NO.ClH/c1-2-15(21)11-5-3-6-12(9-11)16(22)13-7-4-8-14(10-13)17(18,19)20;/h3-10,15H,2,21H2,1H3;1H/t15-;/m0./s1. The Labute approximate surface area is 138 Å². The van der Waals surface area contributed by atoms with Crippen LogP contribution in [0.2, 0.25) is 0 Å². The molecule has 23 heavy (non-hydrogen) atoms. The normalized spacial score (nSPS) is 12.4. The van der Waals surface area contributed by atoms with Gasteiger partial charge in [0.25, 0.3) is 0 Å². The molecule has 2 rings (SSSR count). The third kappa shape index (κ3) is 4.56. The predicted molar refractivity (Wildman–Crippen MR) is 85.8 cm³/mol. The summed E-state index contributed by atoms with van der Waals surface area (Å²) in [6.45, 7) is 1.92. The lowest BCUT2D eigenvalue weighted by atomic mass is 9.97. The molecule has 1 atom stereocenters. The lowest BCUT2D eigenvalue weighted by Crippen LogP contribution is -2.11. The molecule has 0 bridgehead atoms. The molecule has 2 nitrogen and oxygen atoms in total. The fourth-order valence-corrected chi connectivity index (χ4v) is 2.15. The Kier molecular flexibility index (Phi) is 6.36. The summed E-state index contributed by atoms with van der Waals surface area (Å²) in [5.41, 5.74) is 6.23. The van der Waals surface area contributed by atoms with Crippen LogP contribution in [-0.4, -0.2) is 5.78 Å². The monoisotopic (exact) mass is 343 g/mol. The summed E-state index contributed by atoms with van der Waals surface area (Å²) >= 11 is 0. The second kappa shape index (κ2) is 7.62. The molecule has 2 aromatic carbocycles. The molecule has 2 N–H and O–H groups in total. The van der Waals surface area contributed by atoms with Crippen LogP contribution in [0.1, 0.15) is 46.4 Å². The minimum Gasteiger partial charge on any atom is -0.324 e. The Bertz CT molecular complexity index is 686. The Morgan fingerprint density at radius 1 is 1.09 bits per heavy atom. The van der Waals surface area contributed by atoms with Crippen LogP contribution < -0.4 is 5.73 Å². The van der Waals surface area contributed by atoms with E-state index < -0.39 is 17.5 Å². The molecule has 6 heteroatoms. The van der Waals surface area contributed by atoms with Crippen LogP contribution in [0.4, 0.5) is 13.2 Å². The van der Waals surface area contributed by atoms with E-state index >= 15 is 0 Å². The number of hydrogen-bond acceptors (Lipinski definition) is 2. The molecule has 2 aromatic rings. The number of ketones is 1. The van der Waals surface area contributed by atoms with Crippen molar-refractivity contribution in [3.05, 3.63) is 70.8 Å². The van der Waals surface area contributed by atoms with Crippen LogP contribution in [0, 0.1) is 0 Å². The minimum atomic E-state index is -4.47. The number of benzene rings is 2. The predicted octanol–water partition coefficient (Wildman–Crippen LogP) is 4.77. The number of carbonyl (C=O) groups is 1. The molecule has 0 unspecified atom stereocenters. The minimum absolute atomic E-state index is 0. The molecule has 0 radical (unpaired) electrons. The summed E-state index contributed by atoms with van der Waals surface area (Å²) in [6.07, 6.45) is -3.76. The van der Waals surface area contributed by atoms with Crippen molar-refractivity contribution in [2.75, 3.05) is 0 Å². The van der Waals surface area contributed by atoms with Crippen molar-refractivity contribution in [3.63, 3.8) is 0 Å². The molecule has 0 heterocycles. The fourth-order valence-electron chi connectivity index (χ4n) is 2.15. The zero-order valence-electron chi connectivity index (χ0n) is 12.4. The van der Waals surface area contributed by atoms with Gasteiger partial charge in [-0.25, -0.2) is 0 Å². The first-order valence-corrected chi connectivity index (χ1v) is 6.90. The Balaban J connectivity index is 0.00000264. The summed E-state index contributed by atoms with van der Waals surface area (Å²) in [6, 6.07) is 10.9. The van der Waals surface area contributed by atoms with Crippen LogP contribution in [0.15, 0.2) is 48.5 Å². The summed E-state index contributed by atoms with van der Waals surface area (Å²) in [4.78, 5) is 12.4. The lowest BCUT2D eigenvalue weighted by molar-refractivity contribution is -0.137. The van der Waals surface area contributed by atoms with E-state index in [9.17, 15) is 18.0 Å². The topological polar surface area (TPSA) is 43.1 Å². The van der Waals surface area contributed by atoms with Gasteiger partial charge in [-0.2, -0.15) is 13.2 Å². The highest BCUT2D eigenvalue weighted by Crippen LogP contribution is 2.30. The maximum atomic E-state index is 12.7. The van der Waals surface area contributed by atoms with E-state index in [1.807, 2.05) is 6.92 Å². The van der Waals surface area contributed by atoms with Gasteiger partial charge in [0.05, 0.1) is 5.56 Å². The zero-order valence-corrected chi connectivity index (χ0v) is 13.2. The van der Waals surface area contributed by atoms with E-state index in [-0.39, 0.29) is 24.0 Å². The molecule has 124 valence electrons. The van der Waals surface area contributed by atoms with Crippen molar-refractivity contribution < 1.29 is 18.0 Å². The average molecular weight is 344 g/mol. The first-order chi connectivity index (χ1) is 10.3. The maximum Gasteiger partial charge on any atom is 0.416 e. The van der Waals surface area contributed by atoms with Crippen molar-refractivity contribution in [2.45, 2.75) is 25.6 Å². The third-order valence-corrected chi connectivity index (χ3v) is 3.47. The van der Waals surface area contributed by atoms with Crippen LogP contribution in [0.5, 0.6) is 0 Å². The van der Waals surface area contributed by atoms with Crippen LogP contribution in [0.3, 0.4) is 0 Å². The molecule has 0 aliphatic rings. The lowest BCUT2D eigenvalue weighted by Gasteiger charge is -2.11. The number of alkyl halides is 3. The van der Waals surface area contributed by atoms with E-state index in [1.165, 1.54) is 12.1 Å². The van der Waals surface area contributed by atoms with Gasteiger partial charge in [-0.05, 0) is 30.2 Å². The number of nitrogens with two attached hydrogens (primary N) is 1. The second-order valence-electron chi connectivity index (χ2n) is 5.05. The Morgan fingerprint density at radius 2 is 1.65 bits per heavy atom. The molecule has 0 aliphatic heterocycles. The Hall–Kier alpha value is -1.85.